The van der Waals surface area contributed by atoms with Crippen LogP contribution in [0.25, 0.3) is 0 Å². The fraction of sp³-hybridized carbons (Fsp3) is 0.250. The molecule has 0 atom stereocenters. The first-order chi connectivity index (χ1) is 13.3. The molecule has 0 aromatic heterocycles. The number of benzene rings is 3. The number of rotatable bonds is 10. The highest BCUT2D eigenvalue weighted by Gasteiger charge is 1.99. The van der Waals surface area contributed by atoms with Crippen molar-refractivity contribution in [3.05, 3.63) is 90.0 Å². The molecule has 0 radical (unpaired) electrons. The lowest BCUT2D eigenvalue weighted by Crippen LogP contribution is -2.11. The first-order valence-corrected chi connectivity index (χ1v) is 9.56. The highest BCUT2D eigenvalue weighted by atomic mass is 16.5. The van der Waals surface area contributed by atoms with Crippen LogP contribution in [0.4, 0.5) is 5.69 Å². The molecule has 0 aliphatic rings. The monoisotopic (exact) mass is 361 g/mol. The lowest BCUT2D eigenvalue weighted by atomic mass is 10.2. The van der Waals surface area contributed by atoms with Gasteiger partial charge < -0.3 is 14.8 Å². The van der Waals surface area contributed by atoms with Crippen molar-refractivity contribution in [2.75, 3.05) is 25.1 Å². The number of anilines is 1. The average Bonchev–Trinajstić information content (AvgIpc) is 2.73. The molecule has 27 heavy (non-hydrogen) atoms. The molecule has 3 aromatic carbocycles. The first-order valence-electron chi connectivity index (χ1n) is 9.56. The van der Waals surface area contributed by atoms with Gasteiger partial charge in [-0.1, -0.05) is 55.5 Å². The predicted molar refractivity (Wildman–Crippen MR) is 112 cm³/mol. The van der Waals surface area contributed by atoms with Crippen LogP contribution in [0.3, 0.4) is 0 Å². The van der Waals surface area contributed by atoms with Gasteiger partial charge in [-0.05, 0) is 41.8 Å². The van der Waals surface area contributed by atoms with E-state index in [1.807, 2.05) is 42.5 Å². The third kappa shape index (κ3) is 6.37. The molecule has 3 nitrogen and oxygen atoms in total. The molecule has 0 fully saturated rings. The maximum atomic E-state index is 5.88. The molecular formula is C24H27NO2. The maximum absolute atomic E-state index is 5.88. The molecule has 0 aliphatic carbocycles. The number of ether oxygens (including phenoxy) is 2. The van der Waals surface area contributed by atoms with Gasteiger partial charge in [0.25, 0.3) is 0 Å². The van der Waals surface area contributed by atoms with Crippen LogP contribution in [0.1, 0.15) is 18.1 Å². The minimum Gasteiger partial charge on any atom is -0.493 e. The summed E-state index contributed by atoms with van der Waals surface area (Å²) in [5, 5.41) is 3.38. The van der Waals surface area contributed by atoms with Crippen molar-refractivity contribution in [3.63, 3.8) is 0 Å². The number of hydrogen-bond acceptors (Lipinski definition) is 3. The summed E-state index contributed by atoms with van der Waals surface area (Å²) in [4.78, 5) is 0. The summed E-state index contributed by atoms with van der Waals surface area (Å²) in [5.74, 6) is 1.79. The molecule has 3 heteroatoms. The molecule has 0 heterocycles. The Kier molecular flexibility index (Phi) is 7.16. The summed E-state index contributed by atoms with van der Waals surface area (Å²) in [6.45, 7) is 4.18. The zero-order chi connectivity index (χ0) is 18.7. The number of hydrogen-bond donors (Lipinski definition) is 1. The van der Waals surface area contributed by atoms with E-state index in [0.717, 1.165) is 36.6 Å². The van der Waals surface area contributed by atoms with Crippen LogP contribution < -0.4 is 14.8 Å². The van der Waals surface area contributed by atoms with Crippen molar-refractivity contribution < 1.29 is 9.47 Å². The first kappa shape index (κ1) is 18.8. The van der Waals surface area contributed by atoms with Gasteiger partial charge in [-0.25, -0.2) is 0 Å². The molecule has 3 rings (SSSR count). The Morgan fingerprint density at radius 1 is 0.704 bits per heavy atom. The van der Waals surface area contributed by atoms with Gasteiger partial charge in [0.1, 0.15) is 18.1 Å². The Morgan fingerprint density at radius 3 is 2.26 bits per heavy atom. The summed E-state index contributed by atoms with van der Waals surface area (Å²) in [6.07, 6.45) is 1.95. The van der Waals surface area contributed by atoms with E-state index in [0.29, 0.717) is 13.2 Å². The Balaban J connectivity index is 1.39. The van der Waals surface area contributed by atoms with Gasteiger partial charge in [0.2, 0.25) is 0 Å². The Labute approximate surface area is 162 Å². The second-order valence-corrected chi connectivity index (χ2v) is 6.38. The second-order valence-electron chi connectivity index (χ2n) is 6.38. The lowest BCUT2D eigenvalue weighted by molar-refractivity contribution is 0.322. The lowest BCUT2D eigenvalue weighted by Gasteiger charge is -2.11. The molecule has 3 aromatic rings. The van der Waals surface area contributed by atoms with Gasteiger partial charge >= 0.3 is 0 Å². The summed E-state index contributed by atoms with van der Waals surface area (Å²) in [7, 11) is 0. The van der Waals surface area contributed by atoms with Crippen molar-refractivity contribution in [2.45, 2.75) is 19.8 Å². The van der Waals surface area contributed by atoms with Gasteiger partial charge in [-0.2, -0.15) is 0 Å². The summed E-state index contributed by atoms with van der Waals surface area (Å²) < 4.78 is 11.7. The normalized spacial score (nSPS) is 10.4. The second kappa shape index (κ2) is 10.3. The van der Waals surface area contributed by atoms with Gasteiger partial charge in [-0.3, -0.25) is 0 Å². The van der Waals surface area contributed by atoms with Crippen LogP contribution in [0, 0.1) is 0 Å². The van der Waals surface area contributed by atoms with E-state index in [-0.39, 0.29) is 0 Å². The zero-order valence-electron chi connectivity index (χ0n) is 15.9. The third-order valence-corrected chi connectivity index (χ3v) is 4.37. The van der Waals surface area contributed by atoms with E-state index in [1.165, 1.54) is 11.1 Å². The van der Waals surface area contributed by atoms with Crippen LogP contribution in [0.5, 0.6) is 11.5 Å². The molecule has 0 amide bonds. The highest BCUT2D eigenvalue weighted by molar-refractivity contribution is 5.48. The molecule has 0 spiro atoms. The summed E-state index contributed by atoms with van der Waals surface area (Å²) >= 11 is 0. The van der Waals surface area contributed by atoms with Gasteiger partial charge in [0.15, 0.2) is 0 Å². The van der Waals surface area contributed by atoms with Crippen molar-refractivity contribution in [1.82, 2.24) is 0 Å². The molecule has 0 aliphatic heterocycles. The average molecular weight is 361 g/mol. The van der Waals surface area contributed by atoms with Crippen LogP contribution in [0.2, 0.25) is 0 Å². The number of aryl methyl sites for hydroxylation is 1. The molecule has 0 saturated carbocycles. The Hall–Kier alpha value is -2.94. The molecule has 1 N–H and O–H groups in total. The predicted octanol–water partition coefficient (Wildman–Crippen LogP) is 5.36. The van der Waals surface area contributed by atoms with E-state index >= 15 is 0 Å². The largest absolute Gasteiger partial charge is 0.493 e. The van der Waals surface area contributed by atoms with E-state index in [2.05, 4.69) is 48.6 Å². The van der Waals surface area contributed by atoms with E-state index in [4.69, 9.17) is 9.47 Å². The van der Waals surface area contributed by atoms with E-state index in [1.54, 1.807) is 0 Å². The summed E-state index contributed by atoms with van der Waals surface area (Å²) in [6, 6.07) is 26.7. The minimum atomic E-state index is 0.616. The Bertz CT molecular complexity index is 800. The summed E-state index contributed by atoms with van der Waals surface area (Å²) in [5.41, 5.74) is 3.65. The van der Waals surface area contributed by atoms with Gasteiger partial charge in [0.05, 0.1) is 6.61 Å². The Morgan fingerprint density at radius 2 is 1.48 bits per heavy atom. The molecule has 140 valence electrons. The van der Waals surface area contributed by atoms with Crippen molar-refractivity contribution in [2.24, 2.45) is 0 Å². The standard InChI is InChI=1S/C24H27NO2/c1-2-20-11-13-23(14-12-20)27-18-16-25-22-9-6-10-24(19-22)26-17-15-21-7-4-3-5-8-21/h3-14,19,25H,2,15-18H2,1H3. The van der Waals surface area contributed by atoms with Gasteiger partial charge in [0, 0.05) is 24.7 Å². The fourth-order valence-electron chi connectivity index (χ4n) is 2.81. The van der Waals surface area contributed by atoms with Crippen LogP contribution in [-0.2, 0) is 12.8 Å². The molecular weight excluding hydrogens is 334 g/mol. The molecule has 0 bridgehead atoms. The van der Waals surface area contributed by atoms with Crippen molar-refractivity contribution >= 4 is 5.69 Å². The molecule has 0 unspecified atom stereocenters. The van der Waals surface area contributed by atoms with Crippen molar-refractivity contribution in [1.29, 1.82) is 0 Å². The van der Waals surface area contributed by atoms with E-state index < -0.39 is 0 Å². The van der Waals surface area contributed by atoms with Gasteiger partial charge in [-0.15, -0.1) is 0 Å². The SMILES string of the molecule is CCc1ccc(OCCNc2cccc(OCCc3ccccc3)c2)cc1. The fourth-order valence-corrected chi connectivity index (χ4v) is 2.81. The third-order valence-electron chi connectivity index (χ3n) is 4.37. The van der Waals surface area contributed by atoms with Crippen LogP contribution in [-0.4, -0.2) is 19.8 Å². The topological polar surface area (TPSA) is 30.5 Å². The maximum Gasteiger partial charge on any atom is 0.121 e. The van der Waals surface area contributed by atoms with Crippen molar-refractivity contribution in [3.8, 4) is 11.5 Å². The smallest absolute Gasteiger partial charge is 0.121 e. The van der Waals surface area contributed by atoms with Crippen LogP contribution >= 0.6 is 0 Å². The highest BCUT2D eigenvalue weighted by Crippen LogP contribution is 2.18. The quantitative estimate of drug-likeness (QED) is 0.493. The van der Waals surface area contributed by atoms with E-state index in [9.17, 15) is 0 Å². The van der Waals surface area contributed by atoms with Crippen LogP contribution in [0.15, 0.2) is 78.9 Å². The number of nitrogens with one attached hydrogen (secondary N) is 1. The zero-order valence-corrected chi connectivity index (χ0v) is 15.9. The molecule has 0 saturated heterocycles. The minimum absolute atomic E-state index is 0.616.